The molecule has 0 radical (unpaired) electrons. The predicted octanol–water partition coefficient (Wildman–Crippen LogP) is 6.58. The third kappa shape index (κ3) is 2.10. The van der Waals surface area contributed by atoms with Crippen molar-refractivity contribution in [2.75, 3.05) is 0 Å². The fraction of sp³-hybridized carbons (Fsp3) is 0.273. The fourth-order valence-corrected chi connectivity index (χ4v) is 4.91. The highest BCUT2D eigenvalue weighted by Gasteiger charge is 2.35. The van der Waals surface area contributed by atoms with Crippen LogP contribution in [-0.4, -0.2) is 0 Å². The van der Waals surface area contributed by atoms with Gasteiger partial charge in [-0.2, -0.15) is 11.3 Å². The number of benzene rings is 1. The maximum Gasteiger partial charge on any atom is 0.0137 e. The molecule has 0 bridgehead atoms. The molecule has 0 nitrogen and oxygen atoms in total. The molecule has 1 heterocycles. The van der Waals surface area contributed by atoms with Crippen LogP contribution in [0.1, 0.15) is 50.3 Å². The number of thiophene rings is 1. The van der Waals surface area contributed by atoms with Gasteiger partial charge in [0.05, 0.1) is 0 Å². The Bertz CT molecular complexity index is 835. The molecule has 1 heteroatoms. The van der Waals surface area contributed by atoms with E-state index in [2.05, 4.69) is 74.9 Å². The lowest BCUT2D eigenvalue weighted by atomic mass is 9.81. The Morgan fingerprint density at radius 1 is 0.870 bits per heavy atom. The average molecular weight is 318 g/mol. The first-order valence-corrected chi connectivity index (χ1v) is 9.22. The van der Waals surface area contributed by atoms with Crippen LogP contribution in [0.15, 0.2) is 69.5 Å². The Hall–Kier alpha value is -1.86. The van der Waals surface area contributed by atoms with Gasteiger partial charge in [-0.3, -0.25) is 0 Å². The normalized spacial score (nSPS) is 21.2. The summed E-state index contributed by atoms with van der Waals surface area (Å²) in [6.07, 6.45) is 2.51. The van der Waals surface area contributed by atoms with E-state index in [-0.39, 0.29) is 0 Å². The van der Waals surface area contributed by atoms with Gasteiger partial charge < -0.3 is 0 Å². The molecule has 1 aromatic carbocycles. The van der Waals surface area contributed by atoms with E-state index in [1.165, 1.54) is 33.4 Å². The minimum absolute atomic E-state index is 0.466. The van der Waals surface area contributed by atoms with Crippen molar-refractivity contribution >= 4 is 16.9 Å². The lowest BCUT2D eigenvalue weighted by Crippen LogP contribution is -2.11. The molecular weight excluding hydrogens is 296 g/mol. The summed E-state index contributed by atoms with van der Waals surface area (Å²) in [5.41, 5.74) is 11.7. The molecule has 1 unspecified atom stereocenters. The average Bonchev–Trinajstić information content (AvgIpc) is 3.24. The quantitative estimate of drug-likeness (QED) is 0.586. The van der Waals surface area contributed by atoms with Crippen LogP contribution in [0.4, 0.5) is 0 Å². The molecule has 116 valence electrons. The fourth-order valence-electron chi connectivity index (χ4n) is 4.26. The summed E-state index contributed by atoms with van der Waals surface area (Å²) in [6.45, 7) is 9.19. The van der Waals surface area contributed by atoms with E-state index in [4.69, 9.17) is 0 Å². The van der Waals surface area contributed by atoms with Crippen molar-refractivity contribution in [3.8, 4) is 0 Å². The Morgan fingerprint density at radius 2 is 1.57 bits per heavy atom. The summed E-state index contributed by atoms with van der Waals surface area (Å²) in [7, 11) is 0. The second-order valence-electron chi connectivity index (χ2n) is 6.80. The molecular formula is C22H22S. The van der Waals surface area contributed by atoms with Crippen molar-refractivity contribution in [1.29, 1.82) is 0 Å². The van der Waals surface area contributed by atoms with Gasteiger partial charge in [-0.15, -0.1) is 0 Å². The van der Waals surface area contributed by atoms with Crippen LogP contribution >= 0.6 is 11.3 Å². The zero-order chi connectivity index (χ0) is 16.1. The molecule has 0 saturated heterocycles. The molecule has 0 aliphatic heterocycles. The monoisotopic (exact) mass is 318 g/mol. The van der Waals surface area contributed by atoms with E-state index < -0.39 is 0 Å². The van der Waals surface area contributed by atoms with Crippen LogP contribution in [0, 0.1) is 5.92 Å². The maximum absolute atomic E-state index is 2.51. The predicted molar refractivity (Wildman–Crippen MR) is 101 cm³/mol. The smallest absolute Gasteiger partial charge is 0.0137 e. The van der Waals surface area contributed by atoms with E-state index in [0.717, 1.165) is 0 Å². The van der Waals surface area contributed by atoms with Gasteiger partial charge in [-0.1, -0.05) is 41.5 Å². The van der Waals surface area contributed by atoms with Gasteiger partial charge in [0.2, 0.25) is 0 Å². The third-order valence-corrected chi connectivity index (χ3v) is 6.51. The van der Waals surface area contributed by atoms with Crippen molar-refractivity contribution in [3.05, 3.63) is 86.2 Å². The summed E-state index contributed by atoms with van der Waals surface area (Å²) < 4.78 is 0. The molecule has 23 heavy (non-hydrogen) atoms. The molecule has 2 aliphatic rings. The second kappa shape index (κ2) is 5.35. The van der Waals surface area contributed by atoms with Gasteiger partial charge in [0.1, 0.15) is 0 Å². The number of allylic oxidation sites excluding steroid dienone is 5. The maximum atomic E-state index is 2.51. The van der Waals surface area contributed by atoms with Crippen molar-refractivity contribution in [3.63, 3.8) is 0 Å². The van der Waals surface area contributed by atoms with E-state index in [9.17, 15) is 0 Å². The Morgan fingerprint density at radius 3 is 2.22 bits per heavy atom. The summed E-state index contributed by atoms with van der Waals surface area (Å²) in [5.74, 6) is 0.987. The molecule has 0 fully saturated rings. The van der Waals surface area contributed by atoms with Crippen LogP contribution in [-0.2, 0) is 0 Å². The van der Waals surface area contributed by atoms with E-state index in [1.807, 2.05) is 0 Å². The third-order valence-electron chi connectivity index (χ3n) is 5.83. The molecule has 0 saturated carbocycles. The van der Waals surface area contributed by atoms with Crippen LogP contribution in [0.25, 0.3) is 5.57 Å². The second-order valence-corrected chi connectivity index (χ2v) is 7.58. The van der Waals surface area contributed by atoms with Gasteiger partial charge >= 0.3 is 0 Å². The molecule has 2 aromatic rings. The molecule has 2 aliphatic carbocycles. The molecule has 1 atom stereocenters. The lowest BCUT2D eigenvalue weighted by Gasteiger charge is -2.23. The first kappa shape index (κ1) is 14.7. The SMILES string of the molecule is CC1=C(C)C(C2C=C(c3ccsc3)c3ccccc32)C(C)=C1C. The molecule has 0 amide bonds. The number of hydrogen-bond donors (Lipinski definition) is 0. The summed E-state index contributed by atoms with van der Waals surface area (Å²) in [5, 5.41) is 4.44. The highest BCUT2D eigenvalue weighted by atomic mass is 32.1. The highest BCUT2D eigenvalue weighted by molar-refractivity contribution is 7.08. The van der Waals surface area contributed by atoms with Gasteiger partial charge in [0.25, 0.3) is 0 Å². The summed E-state index contributed by atoms with van der Waals surface area (Å²) >= 11 is 1.78. The Balaban J connectivity index is 1.88. The number of fused-ring (bicyclic) bond motifs is 1. The standard InChI is InChI=1S/C22H22S/c1-13-14(2)16(4)22(15(13)3)21-11-20(17-9-10-23-12-17)18-7-5-6-8-19(18)21/h5-12,21-22H,1-4H3. The zero-order valence-corrected chi connectivity index (χ0v) is 15.0. The van der Waals surface area contributed by atoms with Gasteiger partial charge in [0.15, 0.2) is 0 Å². The van der Waals surface area contributed by atoms with Gasteiger partial charge in [0, 0.05) is 11.8 Å². The van der Waals surface area contributed by atoms with Crippen molar-refractivity contribution < 1.29 is 0 Å². The minimum atomic E-state index is 0.466. The van der Waals surface area contributed by atoms with Crippen LogP contribution in [0.5, 0.6) is 0 Å². The molecule has 0 spiro atoms. The summed E-state index contributed by atoms with van der Waals surface area (Å²) in [6, 6.07) is 11.2. The van der Waals surface area contributed by atoms with E-state index >= 15 is 0 Å². The summed E-state index contributed by atoms with van der Waals surface area (Å²) in [4.78, 5) is 0. The first-order chi connectivity index (χ1) is 11.1. The largest absolute Gasteiger partial charge is 0.152 e. The minimum Gasteiger partial charge on any atom is -0.152 e. The number of rotatable bonds is 2. The lowest BCUT2D eigenvalue weighted by molar-refractivity contribution is 0.648. The Kier molecular flexibility index (Phi) is 3.42. The van der Waals surface area contributed by atoms with Crippen LogP contribution in [0.3, 0.4) is 0 Å². The zero-order valence-electron chi connectivity index (χ0n) is 14.2. The topological polar surface area (TPSA) is 0 Å². The van der Waals surface area contributed by atoms with Gasteiger partial charge in [-0.25, -0.2) is 0 Å². The molecule has 1 aromatic heterocycles. The first-order valence-electron chi connectivity index (χ1n) is 8.28. The van der Waals surface area contributed by atoms with Crippen molar-refractivity contribution in [2.24, 2.45) is 5.92 Å². The number of hydrogen-bond acceptors (Lipinski definition) is 1. The van der Waals surface area contributed by atoms with Crippen molar-refractivity contribution in [1.82, 2.24) is 0 Å². The van der Waals surface area contributed by atoms with E-state index in [0.29, 0.717) is 11.8 Å². The highest BCUT2D eigenvalue weighted by Crippen LogP contribution is 2.51. The molecule has 4 rings (SSSR count). The Labute approximate surface area is 142 Å². The van der Waals surface area contributed by atoms with Gasteiger partial charge in [-0.05, 0) is 77.9 Å². The van der Waals surface area contributed by atoms with Crippen LogP contribution in [0.2, 0.25) is 0 Å². The van der Waals surface area contributed by atoms with Crippen molar-refractivity contribution in [2.45, 2.75) is 33.6 Å². The van der Waals surface area contributed by atoms with Crippen LogP contribution < -0.4 is 0 Å². The molecule has 0 N–H and O–H groups in total. The van der Waals surface area contributed by atoms with E-state index in [1.54, 1.807) is 22.5 Å².